The van der Waals surface area contributed by atoms with Gasteiger partial charge in [0.2, 0.25) is 0 Å². The number of hydrogen-bond donors (Lipinski definition) is 2. The molecule has 3 aromatic carbocycles. The van der Waals surface area contributed by atoms with Gasteiger partial charge in [0, 0.05) is 5.56 Å². The lowest BCUT2D eigenvalue weighted by Gasteiger charge is -2.13. The zero-order valence-corrected chi connectivity index (χ0v) is 19.3. The molecule has 2 N–H and O–H groups in total. The zero-order valence-electron chi connectivity index (χ0n) is 18.5. The lowest BCUT2D eigenvalue weighted by atomic mass is 10.0. The molecule has 3 rings (SSSR count). The summed E-state index contributed by atoms with van der Waals surface area (Å²) in [4.78, 5) is 24.6. The molecule has 3 aromatic rings. The molecule has 0 saturated carbocycles. The third-order valence-corrected chi connectivity index (χ3v) is 4.46. The van der Waals surface area contributed by atoms with Gasteiger partial charge in [0.05, 0.1) is 17.9 Å². The average molecular weight is 470 g/mol. The number of carbonyl (C=O) groups excluding carboxylic acids is 2. The van der Waals surface area contributed by atoms with E-state index >= 15 is 0 Å². The first-order chi connectivity index (χ1) is 15.6. The van der Waals surface area contributed by atoms with E-state index in [1.54, 1.807) is 48.5 Å². The number of Topliss-reactive ketones (excluding diaryl/α,β-unsaturated/α-hetero) is 1. The average Bonchev–Trinajstić information content (AvgIpc) is 2.79. The van der Waals surface area contributed by atoms with Crippen LogP contribution in [0.15, 0.2) is 84.9 Å². The minimum absolute atomic E-state index is 0.00833. The molecule has 0 aromatic heterocycles. The Balaban J connectivity index is 0.000000696. The highest BCUT2D eigenvalue weighted by Crippen LogP contribution is 2.15. The highest BCUT2D eigenvalue weighted by atomic mass is 32.2. The van der Waals surface area contributed by atoms with Gasteiger partial charge in [-0.05, 0) is 61.9 Å². The van der Waals surface area contributed by atoms with Gasteiger partial charge in [0.15, 0.2) is 5.78 Å². The van der Waals surface area contributed by atoms with Crippen LogP contribution in [0.5, 0.6) is 5.75 Å². The van der Waals surface area contributed by atoms with Crippen LogP contribution < -0.4 is 10.1 Å². The van der Waals surface area contributed by atoms with E-state index in [2.05, 4.69) is 17.4 Å². The van der Waals surface area contributed by atoms with E-state index in [9.17, 15) is 18.0 Å². The number of ketones is 1. The van der Waals surface area contributed by atoms with Crippen LogP contribution in [-0.2, 0) is 16.5 Å². The maximum atomic E-state index is 12.6. The first kappa shape index (κ1) is 25.9. The van der Waals surface area contributed by atoms with Crippen LogP contribution in [0.2, 0.25) is 0 Å². The maximum absolute atomic E-state index is 12.6. The number of ether oxygens (including phenoxy) is 1. The molecule has 0 amide bonds. The summed E-state index contributed by atoms with van der Waals surface area (Å²) in [5.74, 6) is -0.000265. The standard InChI is InChI=1S/C24H23NO3.CH4O3S/c1-18(25-17-16-19-8-4-2-5-9-19)23(26)20-12-14-22(15-13-20)28-24(27)21-10-6-3-7-11-21;1-5(2,3)4/h2-15,18,25H,16-17H2,1H3;1H3,(H,2,3,4)/t18-;/m0./s1. The van der Waals surface area contributed by atoms with Gasteiger partial charge in [-0.3, -0.25) is 9.35 Å². The zero-order chi connectivity index (χ0) is 24.3. The molecule has 174 valence electrons. The molecule has 7 nitrogen and oxygen atoms in total. The van der Waals surface area contributed by atoms with Crippen molar-refractivity contribution in [3.05, 3.63) is 102 Å². The summed E-state index contributed by atoms with van der Waals surface area (Å²) in [7, 11) is -3.67. The molecule has 0 aliphatic heterocycles. The highest BCUT2D eigenvalue weighted by Gasteiger charge is 2.15. The fourth-order valence-corrected chi connectivity index (χ4v) is 2.85. The molecule has 0 spiro atoms. The van der Waals surface area contributed by atoms with E-state index in [1.807, 2.05) is 31.2 Å². The van der Waals surface area contributed by atoms with E-state index in [-0.39, 0.29) is 11.8 Å². The predicted octanol–water partition coefficient (Wildman–Crippen LogP) is 3.81. The molecule has 0 unspecified atom stereocenters. The Kier molecular flexibility index (Phi) is 9.93. The van der Waals surface area contributed by atoms with Crippen molar-refractivity contribution in [2.24, 2.45) is 0 Å². The molecular formula is C25H27NO6S. The van der Waals surface area contributed by atoms with Crippen molar-refractivity contribution in [3.8, 4) is 5.75 Å². The summed E-state index contributed by atoms with van der Waals surface area (Å²) in [6, 6.07) is 25.3. The van der Waals surface area contributed by atoms with Crippen LogP contribution in [0, 0.1) is 0 Å². The molecule has 0 saturated heterocycles. The Morgan fingerprint density at radius 1 is 0.879 bits per heavy atom. The molecule has 0 bridgehead atoms. The smallest absolute Gasteiger partial charge is 0.343 e. The number of rotatable bonds is 8. The monoisotopic (exact) mass is 469 g/mol. The maximum Gasteiger partial charge on any atom is 0.343 e. The third-order valence-electron chi connectivity index (χ3n) is 4.46. The summed E-state index contributed by atoms with van der Waals surface area (Å²) in [5, 5.41) is 3.26. The Morgan fingerprint density at radius 3 is 1.94 bits per heavy atom. The van der Waals surface area contributed by atoms with Crippen molar-refractivity contribution >= 4 is 21.9 Å². The number of carbonyl (C=O) groups is 2. The Hall–Kier alpha value is -3.33. The van der Waals surface area contributed by atoms with Gasteiger partial charge in [-0.2, -0.15) is 8.42 Å². The molecule has 8 heteroatoms. The number of nitrogens with one attached hydrogen (secondary N) is 1. The molecule has 0 aliphatic carbocycles. The van der Waals surface area contributed by atoms with Crippen LogP contribution >= 0.6 is 0 Å². The highest BCUT2D eigenvalue weighted by molar-refractivity contribution is 7.85. The number of hydrogen-bond acceptors (Lipinski definition) is 6. The van der Waals surface area contributed by atoms with E-state index in [0.29, 0.717) is 23.1 Å². The number of benzene rings is 3. The van der Waals surface area contributed by atoms with Gasteiger partial charge < -0.3 is 10.1 Å². The minimum atomic E-state index is -3.67. The van der Waals surface area contributed by atoms with Gasteiger partial charge >= 0.3 is 5.97 Å². The third kappa shape index (κ3) is 10.2. The second-order valence-corrected chi connectivity index (χ2v) is 8.75. The van der Waals surface area contributed by atoms with Crippen molar-refractivity contribution in [2.45, 2.75) is 19.4 Å². The first-order valence-electron chi connectivity index (χ1n) is 10.2. The lowest BCUT2D eigenvalue weighted by Crippen LogP contribution is -2.35. The fraction of sp³-hybridized carbons (Fsp3) is 0.200. The molecule has 0 aliphatic rings. The lowest BCUT2D eigenvalue weighted by molar-refractivity contribution is 0.0734. The van der Waals surface area contributed by atoms with Crippen LogP contribution in [0.4, 0.5) is 0 Å². The summed E-state index contributed by atoms with van der Waals surface area (Å²) in [6.45, 7) is 2.58. The molecule has 33 heavy (non-hydrogen) atoms. The van der Waals surface area contributed by atoms with Gasteiger partial charge in [0.25, 0.3) is 10.1 Å². The van der Waals surface area contributed by atoms with Crippen molar-refractivity contribution in [3.63, 3.8) is 0 Å². The van der Waals surface area contributed by atoms with E-state index in [4.69, 9.17) is 9.29 Å². The SMILES string of the molecule is CS(=O)(=O)O.C[C@H](NCCc1ccccc1)C(=O)c1ccc(OC(=O)c2ccccc2)cc1. The number of esters is 1. The van der Waals surface area contributed by atoms with Crippen LogP contribution in [0.25, 0.3) is 0 Å². The van der Waals surface area contributed by atoms with Crippen LogP contribution in [0.1, 0.15) is 33.2 Å². The second kappa shape index (κ2) is 12.6. The molecule has 0 radical (unpaired) electrons. The van der Waals surface area contributed by atoms with E-state index in [1.165, 1.54) is 5.56 Å². The Bertz CT molecular complexity index is 1120. The van der Waals surface area contributed by atoms with Crippen molar-refractivity contribution < 1.29 is 27.3 Å². The van der Waals surface area contributed by atoms with Crippen molar-refractivity contribution in [1.82, 2.24) is 5.32 Å². The summed E-state index contributed by atoms with van der Waals surface area (Å²) in [6.07, 6.45) is 1.58. The molecular weight excluding hydrogens is 442 g/mol. The minimum Gasteiger partial charge on any atom is -0.423 e. The fourth-order valence-electron chi connectivity index (χ4n) is 2.85. The van der Waals surface area contributed by atoms with Gasteiger partial charge in [-0.15, -0.1) is 0 Å². The second-order valence-electron chi connectivity index (χ2n) is 7.29. The summed E-state index contributed by atoms with van der Waals surface area (Å²) in [5.41, 5.74) is 2.30. The van der Waals surface area contributed by atoms with Crippen molar-refractivity contribution in [1.29, 1.82) is 0 Å². The normalized spacial score (nSPS) is 11.6. The van der Waals surface area contributed by atoms with Crippen LogP contribution in [0.3, 0.4) is 0 Å². The topological polar surface area (TPSA) is 110 Å². The van der Waals surface area contributed by atoms with Gasteiger partial charge in [0.1, 0.15) is 5.75 Å². The van der Waals surface area contributed by atoms with Gasteiger partial charge in [-0.25, -0.2) is 4.79 Å². The van der Waals surface area contributed by atoms with E-state index < -0.39 is 16.1 Å². The largest absolute Gasteiger partial charge is 0.423 e. The van der Waals surface area contributed by atoms with Crippen molar-refractivity contribution in [2.75, 3.05) is 12.8 Å². The van der Waals surface area contributed by atoms with Crippen LogP contribution in [-0.4, -0.2) is 43.6 Å². The summed E-state index contributed by atoms with van der Waals surface area (Å²) >= 11 is 0. The molecule has 1 atom stereocenters. The Labute approximate surface area is 194 Å². The molecule has 0 heterocycles. The van der Waals surface area contributed by atoms with E-state index in [0.717, 1.165) is 13.0 Å². The first-order valence-corrected chi connectivity index (χ1v) is 12.1. The van der Waals surface area contributed by atoms with Gasteiger partial charge in [-0.1, -0.05) is 48.5 Å². The predicted molar refractivity (Wildman–Crippen MR) is 127 cm³/mol. The summed E-state index contributed by atoms with van der Waals surface area (Å²) < 4.78 is 31.2. The quantitative estimate of drug-likeness (QED) is 0.223. The molecule has 0 fully saturated rings. The Morgan fingerprint density at radius 2 is 1.39 bits per heavy atom.